The van der Waals surface area contributed by atoms with E-state index >= 15 is 0 Å². The maximum Gasteiger partial charge on any atom is 0.121 e. The lowest BCUT2D eigenvalue weighted by Crippen LogP contribution is -2.33. The van der Waals surface area contributed by atoms with Crippen LogP contribution in [0.25, 0.3) is 0 Å². The highest BCUT2D eigenvalue weighted by atomic mass is 16.3. The number of anilines is 1. The Kier molecular flexibility index (Phi) is 7.01. The van der Waals surface area contributed by atoms with E-state index in [4.69, 9.17) is 15.3 Å². The summed E-state index contributed by atoms with van der Waals surface area (Å²) in [5.74, 6) is -0.0263. The number of nitrogens with one attached hydrogen (secondary N) is 1. The summed E-state index contributed by atoms with van der Waals surface area (Å²) in [6.07, 6.45) is 5.31. The molecule has 0 bridgehead atoms. The number of nitrogens with zero attached hydrogens (tertiary/aromatic N) is 3. The van der Waals surface area contributed by atoms with Crippen molar-refractivity contribution >= 4 is 11.9 Å². The maximum atomic E-state index is 10.3. The Morgan fingerprint density at radius 2 is 1.88 bits per heavy atom. The predicted octanol–water partition coefficient (Wildman–Crippen LogP) is -0.421. The van der Waals surface area contributed by atoms with Crippen molar-refractivity contribution in [3.63, 3.8) is 0 Å². The van der Waals surface area contributed by atoms with Crippen LogP contribution in [0.4, 0.5) is 5.69 Å². The van der Waals surface area contributed by atoms with Gasteiger partial charge < -0.3 is 25.3 Å². The molecule has 24 heavy (non-hydrogen) atoms. The van der Waals surface area contributed by atoms with Gasteiger partial charge in [0, 0.05) is 55.3 Å². The molecule has 0 radical (unpaired) electrons. The molecule has 8 nitrogen and oxygen atoms in total. The number of benzene rings is 1. The van der Waals surface area contributed by atoms with Crippen molar-refractivity contribution in [1.82, 2.24) is 10.5 Å². The molecule has 2 rings (SSSR count). The normalized spacial score (nSPS) is 16.6. The number of aromatic hydroxyl groups is 1. The second kappa shape index (κ2) is 9.24. The Morgan fingerprint density at radius 3 is 2.42 bits per heavy atom. The van der Waals surface area contributed by atoms with Crippen LogP contribution in [-0.4, -0.2) is 71.2 Å². The van der Waals surface area contributed by atoms with Crippen molar-refractivity contribution in [3.8, 4) is 5.75 Å². The topological polar surface area (TPSA) is 112 Å². The van der Waals surface area contributed by atoms with Gasteiger partial charge in [0.25, 0.3) is 0 Å². The summed E-state index contributed by atoms with van der Waals surface area (Å²) in [5.41, 5.74) is 4.35. The fourth-order valence-corrected chi connectivity index (χ4v) is 2.47. The zero-order chi connectivity index (χ0) is 17.4. The van der Waals surface area contributed by atoms with Crippen molar-refractivity contribution < 1.29 is 20.4 Å². The zero-order valence-electron chi connectivity index (χ0n) is 13.4. The van der Waals surface area contributed by atoms with E-state index in [1.807, 2.05) is 18.2 Å². The van der Waals surface area contributed by atoms with Crippen molar-refractivity contribution in [1.29, 1.82) is 0 Å². The summed E-state index contributed by atoms with van der Waals surface area (Å²) in [5, 5.41) is 43.0. The van der Waals surface area contributed by atoms with E-state index in [9.17, 15) is 5.11 Å². The molecule has 0 saturated heterocycles. The summed E-state index contributed by atoms with van der Waals surface area (Å²) >= 11 is 0. The van der Waals surface area contributed by atoms with Crippen molar-refractivity contribution in [2.75, 3.05) is 44.4 Å². The molecular weight excluding hydrogens is 312 g/mol. The smallest absolute Gasteiger partial charge is 0.121 e. The van der Waals surface area contributed by atoms with Crippen LogP contribution < -0.4 is 10.3 Å². The molecule has 0 spiro atoms. The van der Waals surface area contributed by atoms with Gasteiger partial charge in [-0.3, -0.25) is 0 Å². The molecule has 0 amide bonds. The average Bonchev–Trinajstić information content (AvgIpc) is 2.60. The lowest BCUT2D eigenvalue weighted by atomic mass is 9.98. The van der Waals surface area contributed by atoms with Crippen LogP contribution in [0.1, 0.15) is 11.5 Å². The maximum absolute atomic E-state index is 10.3. The fraction of sp³-hybridized carbons (Fsp3) is 0.438. The van der Waals surface area contributed by atoms with Gasteiger partial charge in [-0.25, -0.2) is 10.5 Å². The van der Waals surface area contributed by atoms with E-state index in [0.717, 1.165) is 5.69 Å². The lowest BCUT2D eigenvalue weighted by Gasteiger charge is -2.25. The quantitative estimate of drug-likeness (QED) is 0.416. The molecule has 1 heterocycles. The standard InChI is InChI=1S/C16H24N4O4/c21-8-4-17-20-5-3-13(12-18-20)15-2-1-14(11-16(15)24)19(6-9-22)7-10-23/h1-3,5,11-13,17,21-24H,4,6-10H2. The van der Waals surface area contributed by atoms with Gasteiger partial charge in [-0.05, 0) is 6.07 Å². The minimum absolute atomic E-state index is 0.0176. The Hall–Kier alpha value is -2.13. The van der Waals surface area contributed by atoms with E-state index in [-0.39, 0.29) is 31.5 Å². The highest BCUT2D eigenvalue weighted by Crippen LogP contribution is 2.31. The van der Waals surface area contributed by atoms with Crippen LogP contribution in [-0.2, 0) is 0 Å². The van der Waals surface area contributed by atoms with Gasteiger partial charge in [0.1, 0.15) is 5.75 Å². The molecule has 0 aliphatic carbocycles. The number of hydrazone groups is 1. The minimum Gasteiger partial charge on any atom is -0.508 e. The number of hydrazine groups is 1. The summed E-state index contributed by atoms with van der Waals surface area (Å²) < 4.78 is 0. The molecule has 5 N–H and O–H groups in total. The lowest BCUT2D eigenvalue weighted by molar-refractivity contribution is 0.221. The molecule has 1 aliphatic rings. The van der Waals surface area contributed by atoms with E-state index in [1.165, 1.54) is 5.12 Å². The van der Waals surface area contributed by atoms with Gasteiger partial charge >= 0.3 is 0 Å². The van der Waals surface area contributed by atoms with Crippen molar-refractivity contribution in [3.05, 3.63) is 36.0 Å². The first-order chi connectivity index (χ1) is 11.7. The molecule has 0 saturated carbocycles. The Labute approximate surface area is 140 Å². The molecule has 1 aromatic carbocycles. The van der Waals surface area contributed by atoms with E-state index in [2.05, 4.69) is 10.5 Å². The number of hydrogen-bond donors (Lipinski definition) is 5. The van der Waals surface area contributed by atoms with Crippen LogP contribution in [0.5, 0.6) is 5.75 Å². The second-order valence-corrected chi connectivity index (χ2v) is 5.29. The molecular formula is C16H24N4O4. The minimum atomic E-state index is -0.157. The van der Waals surface area contributed by atoms with Gasteiger partial charge in [-0.2, -0.15) is 5.10 Å². The first-order valence-electron chi connectivity index (χ1n) is 7.85. The van der Waals surface area contributed by atoms with Gasteiger partial charge in [0.05, 0.1) is 19.8 Å². The molecule has 0 fully saturated rings. The number of aliphatic hydroxyl groups excluding tert-OH is 3. The van der Waals surface area contributed by atoms with Gasteiger partial charge in [0.15, 0.2) is 0 Å². The summed E-state index contributed by atoms with van der Waals surface area (Å²) in [7, 11) is 0. The Balaban J connectivity index is 2.09. The first-order valence-corrected chi connectivity index (χ1v) is 7.85. The highest BCUT2D eigenvalue weighted by Gasteiger charge is 2.16. The molecule has 8 heteroatoms. The third-order valence-corrected chi connectivity index (χ3v) is 3.65. The number of aliphatic hydroxyl groups is 3. The third kappa shape index (κ3) is 4.68. The molecule has 1 unspecified atom stereocenters. The fourth-order valence-electron chi connectivity index (χ4n) is 2.47. The summed E-state index contributed by atoms with van der Waals surface area (Å²) in [6.45, 7) is 1.13. The van der Waals surface area contributed by atoms with E-state index < -0.39 is 0 Å². The third-order valence-electron chi connectivity index (χ3n) is 3.65. The molecule has 0 aromatic heterocycles. The van der Waals surface area contributed by atoms with Crippen LogP contribution >= 0.6 is 0 Å². The first kappa shape index (κ1) is 18.2. The van der Waals surface area contributed by atoms with Crippen LogP contribution in [0, 0.1) is 0 Å². The molecule has 1 aliphatic heterocycles. The summed E-state index contributed by atoms with van der Waals surface area (Å²) in [4.78, 5) is 1.80. The SMILES string of the molecule is OCCNN1C=CC(c2ccc(N(CCO)CCO)cc2O)C=N1. The molecule has 1 atom stereocenters. The van der Waals surface area contributed by atoms with Gasteiger partial charge in [0.2, 0.25) is 0 Å². The summed E-state index contributed by atoms with van der Waals surface area (Å²) in [6, 6.07) is 5.28. The number of allylic oxidation sites excluding steroid dienone is 1. The van der Waals surface area contributed by atoms with Crippen LogP contribution in [0.3, 0.4) is 0 Å². The Morgan fingerprint density at radius 1 is 1.12 bits per heavy atom. The second-order valence-electron chi connectivity index (χ2n) is 5.29. The molecule has 132 valence electrons. The highest BCUT2D eigenvalue weighted by molar-refractivity contribution is 5.73. The van der Waals surface area contributed by atoms with E-state index in [1.54, 1.807) is 23.4 Å². The largest absolute Gasteiger partial charge is 0.508 e. The number of rotatable bonds is 9. The van der Waals surface area contributed by atoms with Crippen LogP contribution in [0.15, 0.2) is 35.6 Å². The van der Waals surface area contributed by atoms with Crippen molar-refractivity contribution in [2.24, 2.45) is 5.10 Å². The van der Waals surface area contributed by atoms with Crippen LogP contribution in [0.2, 0.25) is 0 Å². The average molecular weight is 336 g/mol. The van der Waals surface area contributed by atoms with Gasteiger partial charge in [-0.15, -0.1) is 0 Å². The van der Waals surface area contributed by atoms with Crippen molar-refractivity contribution in [2.45, 2.75) is 5.92 Å². The number of phenols is 1. The Bertz CT molecular complexity index is 559. The van der Waals surface area contributed by atoms with Gasteiger partial charge in [-0.1, -0.05) is 12.1 Å². The monoisotopic (exact) mass is 336 g/mol. The number of phenolic OH excluding ortho intramolecular Hbond substituents is 1. The van der Waals surface area contributed by atoms with E-state index in [0.29, 0.717) is 25.2 Å². The predicted molar refractivity (Wildman–Crippen MR) is 91.8 cm³/mol. The zero-order valence-corrected chi connectivity index (χ0v) is 13.4. The number of hydrogen-bond acceptors (Lipinski definition) is 8. The molecule has 1 aromatic rings.